The van der Waals surface area contributed by atoms with Crippen molar-refractivity contribution in [1.29, 1.82) is 0 Å². The number of hydrogen-bond acceptors (Lipinski definition) is 6. The molecule has 0 aliphatic carbocycles. The second-order valence-electron chi connectivity index (χ2n) is 6.96. The molecule has 1 aliphatic rings. The molecule has 1 atom stereocenters. The minimum atomic E-state index is -1.09. The number of carbonyl (C=O) groups is 1. The highest BCUT2D eigenvalue weighted by molar-refractivity contribution is 6.19. The average molecular weight is 431 g/mol. The Balaban J connectivity index is 1.50. The van der Waals surface area contributed by atoms with Gasteiger partial charge in [0.25, 0.3) is 11.8 Å². The minimum absolute atomic E-state index is 0.0573. The van der Waals surface area contributed by atoms with Gasteiger partial charge in [0.05, 0.1) is 17.0 Å². The van der Waals surface area contributed by atoms with E-state index in [2.05, 4.69) is 25.8 Å². The molecule has 5 rings (SSSR count). The first-order valence-electron chi connectivity index (χ1n) is 9.67. The molecule has 1 aromatic heterocycles. The number of anilines is 2. The number of nitrogens with zero attached hydrogens (tertiary/aromatic N) is 3. The number of carbonyl (C=O) groups excluding carboxylic acids is 1. The number of nitrogens with one attached hydrogen (secondary N) is 2. The Morgan fingerprint density at radius 3 is 2.50 bits per heavy atom. The van der Waals surface area contributed by atoms with Crippen LogP contribution in [0.25, 0.3) is 11.5 Å². The summed E-state index contributed by atoms with van der Waals surface area (Å²) in [4.78, 5) is 17.5. The highest BCUT2D eigenvalue weighted by Gasteiger charge is 2.27. The van der Waals surface area contributed by atoms with Crippen LogP contribution in [-0.4, -0.2) is 28.0 Å². The van der Waals surface area contributed by atoms with Gasteiger partial charge in [0.2, 0.25) is 6.17 Å². The fourth-order valence-electron chi connectivity index (χ4n) is 3.35. The lowest BCUT2D eigenvalue weighted by atomic mass is 10.0. The maximum atomic E-state index is 14.0. The van der Waals surface area contributed by atoms with Crippen molar-refractivity contribution in [1.82, 2.24) is 10.2 Å². The fraction of sp³-hybridized carbons (Fsp3) is 0.0435. The fourth-order valence-corrected chi connectivity index (χ4v) is 3.35. The van der Waals surface area contributed by atoms with Crippen LogP contribution >= 0.6 is 0 Å². The summed E-state index contributed by atoms with van der Waals surface area (Å²) in [5.74, 6) is -2.15. The topological polar surface area (TPSA) is 92.4 Å². The standard InChI is InChI=1S/C23H15F2N5O2/c24-14-10-11-15(17(25)12-14)22-29-30-23(32-22)28-20-21(31)26-18-9-5-4-8-16(18)19(27-20)13-6-2-1-3-7-13/h1-12,20H,(H,26,31)(H,28,30). The highest BCUT2D eigenvalue weighted by Crippen LogP contribution is 2.26. The number of aliphatic imine (C=N–C) groups is 1. The zero-order valence-electron chi connectivity index (χ0n) is 16.4. The first kappa shape index (κ1) is 19.6. The lowest BCUT2D eigenvalue weighted by Crippen LogP contribution is -2.32. The summed E-state index contributed by atoms with van der Waals surface area (Å²) >= 11 is 0. The van der Waals surface area contributed by atoms with Gasteiger partial charge in [0.1, 0.15) is 11.6 Å². The van der Waals surface area contributed by atoms with Crippen LogP contribution in [0, 0.1) is 11.6 Å². The summed E-state index contributed by atoms with van der Waals surface area (Å²) in [6, 6.07) is 19.6. The van der Waals surface area contributed by atoms with Crippen molar-refractivity contribution >= 4 is 23.3 Å². The summed E-state index contributed by atoms with van der Waals surface area (Å²) in [5.41, 5.74) is 2.74. The number of aromatic nitrogens is 2. The highest BCUT2D eigenvalue weighted by atomic mass is 19.1. The lowest BCUT2D eigenvalue weighted by molar-refractivity contribution is -0.116. The number of rotatable bonds is 4. The Hall–Kier alpha value is -4.40. The van der Waals surface area contributed by atoms with Crippen LogP contribution in [0.1, 0.15) is 11.1 Å². The van der Waals surface area contributed by atoms with E-state index in [0.29, 0.717) is 11.4 Å². The molecule has 1 amide bonds. The van der Waals surface area contributed by atoms with Crippen LogP contribution in [0.5, 0.6) is 0 Å². The zero-order chi connectivity index (χ0) is 22.1. The molecular formula is C23H15F2N5O2. The quantitative estimate of drug-likeness (QED) is 0.504. The molecule has 0 saturated carbocycles. The molecule has 2 heterocycles. The predicted octanol–water partition coefficient (Wildman–Crippen LogP) is 4.24. The van der Waals surface area contributed by atoms with E-state index in [4.69, 9.17) is 4.42 Å². The SMILES string of the molecule is O=C1Nc2ccccc2C(c2ccccc2)=NC1Nc1nnc(-c2ccc(F)cc2F)o1. The molecule has 1 unspecified atom stereocenters. The van der Waals surface area contributed by atoms with Gasteiger partial charge >= 0.3 is 6.01 Å². The van der Waals surface area contributed by atoms with Crippen molar-refractivity contribution < 1.29 is 18.0 Å². The van der Waals surface area contributed by atoms with Crippen molar-refractivity contribution in [3.63, 3.8) is 0 Å². The molecule has 0 spiro atoms. The summed E-state index contributed by atoms with van der Waals surface area (Å²) in [6.07, 6.45) is -1.09. The molecule has 3 aromatic carbocycles. The van der Waals surface area contributed by atoms with E-state index in [-0.39, 0.29) is 17.5 Å². The van der Waals surface area contributed by atoms with Crippen molar-refractivity contribution in [2.75, 3.05) is 10.6 Å². The van der Waals surface area contributed by atoms with Gasteiger partial charge < -0.3 is 15.1 Å². The van der Waals surface area contributed by atoms with Crippen LogP contribution in [0.3, 0.4) is 0 Å². The van der Waals surface area contributed by atoms with Gasteiger partial charge in [0, 0.05) is 17.2 Å². The van der Waals surface area contributed by atoms with Gasteiger partial charge in [-0.15, -0.1) is 5.10 Å². The molecule has 0 radical (unpaired) electrons. The Labute approximate surface area is 180 Å². The molecule has 158 valence electrons. The maximum Gasteiger partial charge on any atom is 0.317 e. The summed E-state index contributed by atoms with van der Waals surface area (Å²) < 4.78 is 32.7. The number of fused-ring (bicyclic) bond motifs is 1. The van der Waals surface area contributed by atoms with Crippen LogP contribution in [0.4, 0.5) is 20.5 Å². The van der Waals surface area contributed by atoms with Crippen molar-refractivity contribution in [3.8, 4) is 11.5 Å². The van der Waals surface area contributed by atoms with E-state index in [9.17, 15) is 13.6 Å². The van der Waals surface area contributed by atoms with E-state index < -0.39 is 23.7 Å². The Morgan fingerprint density at radius 1 is 0.906 bits per heavy atom. The molecule has 2 N–H and O–H groups in total. The van der Waals surface area contributed by atoms with E-state index >= 15 is 0 Å². The second kappa shape index (κ2) is 8.03. The van der Waals surface area contributed by atoms with Crippen molar-refractivity contribution in [2.24, 2.45) is 4.99 Å². The minimum Gasteiger partial charge on any atom is -0.403 e. The summed E-state index contributed by atoms with van der Waals surface area (Å²) in [6.45, 7) is 0. The molecule has 0 saturated heterocycles. The largest absolute Gasteiger partial charge is 0.403 e. The third-order valence-corrected chi connectivity index (χ3v) is 4.84. The number of benzodiazepines with no additional fused rings is 1. The summed E-state index contributed by atoms with van der Waals surface area (Å²) in [7, 11) is 0. The molecule has 0 bridgehead atoms. The first-order valence-corrected chi connectivity index (χ1v) is 9.67. The monoisotopic (exact) mass is 431 g/mol. The Morgan fingerprint density at radius 2 is 1.69 bits per heavy atom. The van der Waals surface area contributed by atoms with Crippen LogP contribution in [0.2, 0.25) is 0 Å². The Kier molecular flexibility index (Phi) is 4.91. The van der Waals surface area contributed by atoms with Gasteiger partial charge in [-0.25, -0.2) is 13.8 Å². The molecule has 32 heavy (non-hydrogen) atoms. The molecule has 4 aromatic rings. The van der Waals surface area contributed by atoms with E-state index in [1.807, 2.05) is 48.5 Å². The van der Waals surface area contributed by atoms with Gasteiger partial charge in [0.15, 0.2) is 0 Å². The van der Waals surface area contributed by atoms with E-state index in [1.165, 1.54) is 6.07 Å². The number of halogens is 2. The molecule has 9 heteroatoms. The van der Waals surface area contributed by atoms with E-state index in [0.717, 1.165) is 23.3 Å². The number of amides is 1. The predicted molar refractivity (Wildman–Crippen MR) is 114 cm³/mol. The Bertz CT molecular complexity index is 1340. The maximum absolute atomic E-state index is 14.0. The third-order valence-electron chi connectivity index (χ3n) is 4.84. The second-order valence-corrected chi connectivity index (χ2v) is 6.96. The summed E-state index contributed by atoms with van der Waals surface area (Å²) in [5, 5.41) is 13.2. The number of benzene rings is 3. The number of para-hydroxylation sites is 1. The van der Waals surface area contributed by atoms with Crippen LogP contribution < -0.4 is 10.6 Å². The molecule has 7 nitrogen and oxygen atoms in total. The smallest absolute Gasteiger partial charge is 0.317 e. The van der Waals surface area contributed by atoms with Crippen molar-refractivity contribution in [2.45, 2.75) is 6.17 Å². The molecular weight excluding hydrogens is 416 g/mol. The van der Waals surface area contributed by atoms with E-state index in [1.54, 1.807) is 6.07 Å². The first-order chi connectivity index (χ1) is 15.6. The van der Waals surface area contributed by atoms with Crippen molar-refractivity contribution in [3.05, 3.63) is 95.6 Å². The van der Waals surface area contributed by atoms with Gasteiger partial charge in [-0.2, -0.15) is 0 Å². The van der Waals surface area contributed by atoms with Gasteiger partial charge in [-0.05, 0) is 18.2 Å². The zero-order valence-corrected chi connectivity index (χ0v) is 16.4. The third kappa shape index (κ3) is 3.71. The molecule has 1 aliphatic heterocycles. The average Bonchev–Trinajstić information content (AvgIpc) is 3.20. The normalized spacial score (nSPS) is 15.4. The van der Waals surface area contributed by atoms with Crippen LogP contribution in [0.15, 0.2) is 82.2 Å². The lowest BCUT2D eigenvalue weighted by Gasteiger charge is -2.11. The van der Waals surface area contributed by atoms with Gasteiger partial charge in [-0.3, -0.25) is 4.79 Å². The number of hydrogen-bond donors (Lipinski definition) is 2. The van der Waals surface area contributed by atoms with Crippen LogP contribution in [-0.2, 0) is 4.79 Å². The molecule has 0 fully saturated rings. The van der Waals surface area contributed by atoms with Gasteiger partial charge in [-0.1, -0.05) is 53.6 Å².